The summed E-state index contributed by atoms with van der Waals surface area (Å²) >= 11 is 0. The van der Waals surface area contributed by atoms with Gasteiger partial charge in [-0.15, -0.1) is 0 Å². The molecule has 0 bridgehead atoms. The fourth-order valence-corrected chi connectivity index (χ4v) is 2.27. The number of fused-ring (bicyclic) bond motifs is 1. The summed E-state index contributed by atoms with van der Waals surface area (Å²) in [5.41, 5.74) is 1.87. The lowest BCUT2D eigenvalue weighted by atomic mass is 9.80. The first-order chi connectivity index (χ1) is 9.82. The van der Waals surface area contributed by atoms with Crippen molar-refractivity contribution >= 4 is 29.4 Å². The quantitative estimate of drug-likeness (QED) is 0.855. The SMILES string of the molecule is CNc1ccc2ncc(B3OC(C)(C)C(C)(C)O3)cc2n1. The zero-order valence-corrected chi connectivity index (χ0v) is 13.1. The molecule has 0 atom stereocenters. The van der Waals surface area contributed by atoms with Gasteiger partial charge in [0.1, 0.15) is 5.82 Å². The predicted octanol–water partition coefficient (Wildman–Crippen LogP) is 1.97. The molecule has 3 heterocycles. The number of nitrogens with one attached hydrogen (secondary N) is 1. The molecule has 1 N–H and O–H groups in total. The lowest BCUT2D eigenvalue weighted by Crippen LogP contribution is -2.41. The van der Waals surface area contributed by atoms with E-state index in [1.54, 1.807) is 6.20 Å². The van der Waals surface area contributed by atoms with Gasteiger partial charge < -0.3 is 14.6 Å². The predicted molar refractivity (Wildman–Crippen MR) is 84.8 cm³/mol. The molecular weight excluding hydrogens is 265 g/mol. The van der Waals surface area contributed by atoms with Gasteiger partial charge in [0, 0.05) is 18.7 Å². The van der Waals surface area contributed by atoms with E-state index in [1.807, 2.05) is 52.9 Å². The highest BCUT2D eigenvalue weighted by molar-refractivity contribution is 6.62. The molecular formula is C15H20BN3O2. The summed E-state index contributed by atoms with van der Waals surface area (Å²) < 4.78 is 12.1. The van der Waals surface area contributed by atoms with Crippen LogP contribution in [-0.4, -0.2) is 35.3 Å². The molecule has 21 heavy (non-hydrogen) atoms. The normalized spacial score (nSPS) is 20.0. The zero-order chi connectivity index (χ0) is 15.3. The molecule has 1 saturated heterocycles. The number of anilines is 1. The van der Waals surface area contributed by atoms with Gasteiger partial charge in [-0.2, -0.15) is 0 Å². The first-order valence-corrected chi connectivity index (χ1v) is 7.12. The van der Waals surface area contributed by atoms with Crippen molar-refractivity contribution in [3.05, 3.63) is 24.4 Å². The van der Waals surface area contributed by atoms with Crippen LogP contribution in [0.5, 0.6) is 0 Å². The van der Waals surface area contributed by atoms with Gasteiger partial charge in [-0.25, -0.2) is 4.98 Å². The van der Waals surface area contributed by atoms with E-state index in [1.165, 1.54) is 0 Å². The summed E-state index contributed by atoms with van der Waals surface area (Å²) in [5, 5.41) is 3.03. The average molecular weight is 285 g/mol. The Morgan fingerprint density at radius 2 is 1.71 bits per heavy atom. The highest BCUT2D eigenvalue weighted by Crippen LogP contribution is 2.36. The second kappa shape index (κ2) is 4.68. The Morgan fingerprint density at radius 1 is 1.05 bits per heavy atom. The second-order valence-electron chi connectivity index (χ2n) is 6.34. The van der Waals surface area contributed by atoms with Crippen LogP contribution in [0.15, 0.2) is 24.4 Å². The second-order valence-corrected chi connectivity index (χ2v) is 6.34. The van der Waals surface area contributed by atoms with Crippen LogP contribution in [0.4, 0.5) is 5.82 Å². The minimum Gasteiger partial charge on any atom is -0.399 e. The number of aromatic nitrogens is 2. The van der Waals surface area contributed by atoms with Crippen molar-refractivity contribution < 1.29 is 9.31 Å². The zero-order valence-electron chi connectivity index (χ0n) is 13.1. The average Bonchev–Trinajstić information content (AvgIpc) is 2.66. The lowest BCUT2D eigenvalue weighted by Gasteiger charge is -2.32. The van der Waals surface area contributed by atoms with Crippen molar-refractivity contribution in [1.82, 2.24) is 9.97 Å². The molecule has 110 valence electrons. The van der Waals surface area contributed by atoms with Gasteiger partial charge in [-0.05, 0) is 45.9 Å². The summed E-state index contributed by atoms with van der Waals surface area (Å²) in [5.74, 6) is 0.815. The minimum absolute atomic E-state index is 0.354. The van der Waals surface area contributed by atoms with E-state index in [0.717, 1.165) is 22.3 Å². The molecule has 1 aliphatic heterocycles. The molecule has 1 fully saturated rings. The Hall–Kier alpha value is -1.66. The van der Waals surface area contributed by atoms with Crippen molar-refractivity contribution in [2.75, 3.05) is 12.4 Å². The summed E-state index contributed by atoms with van der Waals surface area (Å²) in [4.78, 5) is 8.96. The van der Waals surface area contributed by atoms with E-state index in [2.05, 4.69) is 15.3 Å². The molecule has 0 radical (unpaired) electrons. The number of pyridine rings is 2. The van der Waals surface area contributed by atoms with E-state index in [9.17, 15) is 0 Å². The largest absolute Gasteiger partial charge is 0.496 e. The van der Waals surface area contributed by atoms with Crippen LogP contribution in [0.25, 0.3) is 11.0 Å². The third-order valence-corrected chi connectivity index (χ3v) is 4.34. The van der Waals surface area contributed by atoms with Crippen LogP contribution >= 0.6 is 0 Å². The molecule has 0 spiro atoms. The lowest BCUT2D eigenvalue weighted by molar-refractivity contribution is 0.00578. The van der Waals surface area contributed by atoms with Gasteiger partial charge in [0.15, 0.2) is 0 Å². The van der Waals surface area contributed by atoms with Crippen LogP contribution in [0.2, 0.25) is 0 Å². The van der Waals surface area contributed by atoms with Gasteiger partial charge in [-0.1, -0.05) is 0 Å². The maximum Gasteiger partial charge on any atom is 0.496 e. The van der Waals surface area contributed by atoms with Crippen LogP contribution in [0.3, 0.4) is 0 Å². The first kappa shape index (κ1) is 14.3. The first-order valence-electron chi connectivity index (χ1n) is 7.12. The molecule has 3 rings (SSSR count). The summed E-state index contributed by atoms with van der Waals surface area (Å²) in [6, 6.07) is 5.83. The third kappa shape index (κ3) is 2.38. The van der Waals surface area contributed by atoms with Gasteiger partial charge in [-0.3, -0.25) is 4.98 Å². The van der Waals surface area contributed by atoms with Gasteiger partial charge in [0.05, 0.1) is 22.2 Å². The van der Waals surface area contributed by atoms with Gasteiger partial charge >= 0.3 is 7.12 Å². The topological polar surface area (TPSA) is 56.3 Å². The fraction of sp³-hybridized carbons (Fsp3) is 0.467. The molecule has 0 aromatic carbocycles. The van der Waals surface area contributed by atoms with E-state index < -0.39 is 7.12 Å². The molecule has 0 aliphatic carbocycles. The molecule has 0 saturated carbocycles. The Labute approximate surface area is 125 Å². The van der Waals surface area contributed by atoms with Crippen LogP contribution in [-0.2, 0) is 9.31 Å². The molecule has 5 nitrogen and oxygen atoms in total. The summed E-state index contributed by atoms with van der Waals surface area (Å²) in [6.45, 7) is 8.16. The fourth-order valence-electron chi connectivity index (χ4n) is 2.27. The molecule has 6 heteroatoms. The number of hydrogen-bond donors (Lipinski definition) is 1. The van der Waals surface area contributed by atoms with Crippen molar-refractivity contribution in [2.45, 2.75) is 38.9 Å². The van der Waals surface area contributed by atoms with Crippen molar-refractivity contribution in [3.8, 4) is 0 Å². The molecule has 2 aromatic rings. The molecule has 2 aromatic heterocycles. The smallest absolute Gasteiger partial charge is 0.399 e. The highest BCUT2D eigenvalue weighted by Gasteiger charge is 2.51. The van der Waals surface area contributed by atoms with Gasteiger partial charge in [0.2, 0.25) is 0 Å². The van der Waals surface area contributed by atoms with E-state index >= 15 is 0 Å². The summed E-state index contributed by atoms with van der Waals surface area (Å²) in [7, 11) is 1.44. The van der Waals surface area contributed by atoms with Gasteiger partial charge in [0.25, 0.3) is 0 Å². The number of hydrogen-bond acceptors (Lipinski definition) is 5. The third-order valence-electron chi connectivity index (χ3n) is 4.34. The maximum absolute atomic E-state index is 6.05. The molecule has 0 amide bonds. The number of rotatable bonds is 2. The van der Waals surface area contributed by atoms with Crippen molar-refractivity contribution in [3.63, 3.8) is 0 Å². The standard InChI is InChI=1S/C15H20BN3O2/c1-14(2)15(3,4)21-16(20-14)10-8-12-11(18-9-10)6-7-13(17-5)19-12/h6-9H,1-5H3,(H,17,19). The van der Waals surface area contributed by atoms with E-state index in [0.29, 0.717) is 0 Å². The summed E-state index contributed by atoms with van der Waals surface area (Å²) in [6.07, 6.45) is 1.80. The van der Waals surface area contributed by atoms with Crippen LogP contribution < -0.4 is 10.8 Å². The Morgan fingerprint density at radius 3 is 2.33 bits per heavy atom. The molecule has 0 unspecified atom stereocenters. The monoisotopic (exact) mass is 285 g/mol. The Bertz CT molecular complexity index is 672. The Balaban J connectivity index is 1.98. The highest BCUT2D eigenvalue weighted by atomic mass is 16.7. The van der Waals surface area contributed by atoms with Crippen molar-refractivity contribution in [2.24, 2.45) is 0 Å². The Kier molecular flexibility index (Phi) is 3.18. The minimum atomic E-state index is -0.410. The van der Waals surface area contributed by atoms with Crippen LogP contribution in [0.1, 0.15) is 27.7 Å². The van der Waals surface area contributed by atoms with Crippen molar-refractivity contribution in [1.29, 1.82) is 0 Å². The van der Waals surface area contributed by atoms with E-state index in [4.69, 9.17) is 9.31 Å². The number of nitrogens with zero attached hydrogens (tertiary/aromatic N) is 2. The maximum atomic E-state index is 6.05. The van der Waals surface area contributed by atoms with Crippen LogP contribution in [0, 0.1) is 0 Å². The van der Waals surface area contributed by atoms with E-state index in [-0.39, 0.29) is 11.2 Å². The molecule has 1 aliphatic rings.